The number of fused-ring (bicyclic) bond motifs is 1. The summed E-state index contributed by atoms with van der Waals surface area (Å²) < 4.78 is 4.93. The maximum atomic E-state index is 11.4. The predicted octanol–water partition coefficient (Wildman–Crippen LogP) is -0.0922. The molecule has 0 radical (unpaired) electrons. The summed E-state index contributed by atoms with van der Waals surface area (Å²) in [6.45, 7) is 1.67. The number of hydrogen-bond acceptors (Lipinski definition) is 3. The molecule has 0 saturated carbocycles. The van der Waals surface area contributed by atoms with Crippen molar-refractivity contribution in [3.8, 4) is 0 Å². The molecule has 0 saturated heterocycles. The van der Waals surface area contributed by atoms with E-state index in [0.29, 0.717) is 10.6 Å². The minimum atomic E-state index is -0.488. The van der Waals surface area contributed by atoms with Crippen LogP contribution in [0.5, 0.6) is 0 Å². The molecule has 0 spiro atoms. The number of benzene rings is 1. The van der Waals surface area contributed by atoms with Crippen LogP contribution in [0.4, 0.5) is 0 Å². The molecule has 1 aliphatic heterocycles. The van der Waals surface area contributed by atoms with Gasteiger partial charge >= 0.3 is 11.9 Å². The van der Waals surface area contributed by atoms with Crippen molar-refractivity contribution in [2.75, 3.05) is 0 Å². The molecule has 0 fully saturated rings. The Bertz CT molecular complexity index is 545. The quantitative estimate of drug-likeness (QED) is 0.631. The number of nitrogens with zero attached hydrogens (tertiary/aromatic N) is 1. The van der Waals surface area contributed by atoms with Gasteiger partial charge in [0.05, 0.1) is 5.36 Å². The third-order valence-electron chi connectivity index (χ3n) is 2.07. The highest BCUT2D eigenvalue weighted by atomic mass is 16.5. The van der Waals surface area contributed by atoms with Crippen LogP contribution in [-0.2, 0) is 14.3 Å². The highest BCUT2D eigenvalue weighted by Gasteiger charge is 2.19. The van der Waals surface area contributed by atoms with Gasteiger partial charge in [0, 0.05) is 11.6 Å². The van der Waals surface area contributed by atoms with Gasteiger partial charge < -0.3 is 4.74 Å². The number of esters is 1. The van der Waals surface area contributed by atoms with Crippen LogP contribution in [-0.4, -0.2) is 11.9 Å². The average Bonchev–Trinajstić information content (AvgIpc) is 2.55. The number of carbonyl (C=O) groups is 2. The van der Waals surface area contributed by atoms with E-state index in [-0.39, 0.29) is 12.2 Å². The third-order valence-corrected chi connectivity index (χ3v) is 2.07. The normalized spacial score (nSPS) is 13.4. The Hall–Kier alpha value is -1.97. The van der Waals surface area contributed by atoms with Gasteiger partial charge in [0.1, 0.15) is 0 Å². The molecule has 0 aromatic heterocycles. The second-order valence-corrected chi connectivity index (χ2v) is 3.09. The van der Waals surface area contributed by atoms with E-state index in [2.05, 4.69) is 4.99 Å². The van der Waals surface area contributed by atoms with Crippen molar-refractivity contribution in [2.24, 2.45) is 4.99 Å². The van der Waals surface area contributed by atoms with Crippen LogP contribution in [0.25, 0.3) is 5.76 Å². The third kappa shape index (κ3) is 1.66. The van der Waals surface area contributed by atoms with E-state index in [1.807, 2.05) is 0 Å². The molecule has 0 aliphatic carbocycles. The molecule has 0 atom stereocenters. The van der Waals surface area contributed by atoms with Crippen molar-refractivity contribution < 1.29 is 14.3 Å². The molecular formula is C11H9NO3. The van der Waals surface area contributed by atoms with Crippen molar-refractivity contribution in [3.05, 3.63) is 34.8 Å². The summed E-state index contributed by atoms with van der Waals surface area (Å²) >= 11 is 0. The van der Waals surface area contributed by atoms with Gasteiger partial charge in [0.2, 0.25) is 5.76 Å². The van der Waals surface area contributed by atoms with Crippen LogP contribution >= 0.6 is 0 Å². The Morgan fingerprint density at radius 3 is 2.87 bits per heavy atom. The lowest BCUT2D eigenvalue weighted by atomic mass is 10.3. The summed E-state index contributed by atoms with van der Waals surface area (Å²) in [5, 5.41) is 1.14. The SMILES string of the molecule is CCC(=O)OC1=c2ccccc2=NC1=O. The van der Waals surface area contributed by atoms with Crippen molar-refractivity contribution >= 4 is 17.6 Å². The van der Waals surface area contributed by atoms with E-state index in [0.717, 1.165) is 0 Å². The van der Waals surface area contributed by atoms with Gasteiger partial charge in [-0.3, -0.25) is 9.59 Å². The van der Waals surface area contributed by atoms with Gasteiger partial charge in [-0.15, -0.1) is 0 Å². The number of ether oxygens (including phenoxy) is 1. The van der Waals surface area contributed by atoms with Gasteiger partial charge in [-0.2, -0.15) is 0 Å². The molecular weight excluding hydrogens is 194 g/mol. The monoisotopic (exact) mass is 203 g/mol. The van der Waals surface area contributed by atoms with E-state index < -0.39 is 11.9 Å². The van der Waals surface area contributed by atoms with Crippen LogP contribution in [0, 0.1) is 0 Å². The molecule has 2 rings (SSSR count). The average molecular weight is 203 g/mol. The van der Waals surface area contributed by atoms with E-state index in [9.17, 15) is 9.59 Å². The van der Waals surface area contributed by atoms with Crippen molar-refractivity contribution in [1.82, 2.24) is 0 Å². The predicted molar refractivity (Wildman–Crippen MR) is 52.0 cm³/mol. The molecule has 1 amide bonds. The fourth-order valence-corrected chi connectivity index (χ4v) is 1.32. The van der Waals surface area contributed by atoms with Crippen LogP contribution in [0.1, 0.15) is 13.3 Å². The summed E-state index contributed by atoms with van der Waals surface area (Å²) in [6, 6.07) is 6.97. The molecule has 4 nitrogen and oxygen atoms in total. The summed E-state index contributed by atoms with van der Waals surface area (Å²) in [5.74, 6) is -0.874. The lowest BCUT2D eigenvalue weighted by Gasteiger charge is -1.99. The molecule has 1 aliphatic rings. The van der Waals surface area contributed by atoms with E-state index >= 15 is 0 Å². The van der Waals surface area contributed by atoms with Gasteiger partial charge in [-0.25, -0.2) is 4.99 Å². The first-order chi connectivity index (χ1) is 7.22. The zero-order chi connectivity index (χ0) is 10.8. The topological polar surface area (TPSA) is 55.7 Å². The Morgan fingerprint density at radius 1 is 1.40 bits per heavy atom. The van der Waals surface area contributed by atoms with Gasteiger partial charge in [-0.05, 0) is 12.1 Å². The lowest BCUT2D eigenvalue weighted by molar-refractivity contribution is -0.138. The Morgan fingerprint density at radius 2 is 2.13 bits per heavy atom. The Balaban J connectivity index is 2.53. The van der Waals surface area contributed by atoms with E-state index in [4.69, 9.17) is 4.74 Å². The fourth-order valence-electron chi connectivity index (χ4n) is 1.32. The van der Waals surface area contributed by atoms with Gasteiger partial charge in [-0.1, -0.05) is 19.1 Å². The van der Waals surface area contributed by atoms with Crippen molar-refractivity contribution in [1.29, 1.82) is 0 Å². The second-order valence-electron chi connectivity index (χ2n) is 3.09. The first-order valence-corrected chi connectivity index (χ1v) is 4.65. The number of rotatable bonds is 2. The summed E-state index contributed by atoms with van der Waals surface area (Å²) in [5.41, 5.74) is 0. The first kappa shape index (κ1) is 9.58. The highest BCUT2D eigenvalue weighted by molar-refractivity contribution is 6.14. The van der Waals surface area contributed by atoms with Crippen LogP contribution in [0.2, 0.25) is 0 Å². The molecule has 76 valence electrons. The maximum absolute atomic E-state index is 11.4. The zero-order valence-electron chi connectivity index (χ0n) is 8.19. The van der Waals surface area contributed by atoms with Crippen molar-refractivity contribution in [3.63, 3.8) is 0 Å². The van der Waals surface area contributed by atoms with Crippen LogP contribution < -0.4 is 10.6 Å². The highest BCUT2D eigenvalue weighted by Crippen LogP contribution is 2.03. The molecule has 0 bridgehead atoms. The minimum Gasteiger partial charge on any atom is -0.420 e. The van der Waals surface area contributed by atoms with Crippen LogP contribution in [0.3, 0.4) is 0 Å². The zero-order valence-corrected chi connectivity index (χ0v) is 8.19. The smallest absolute Gasteiger partial charge is 0.314 e. The Labute approximate surface area is 85.9 Å². The molecule has 1 heterocycles. The van der Waals surface area contributed by atoms with E-state index in [1.54, 1.807) is 31.2 Å². The minimum absolute atomic E-state index is 0.0393. The summed E-state index contributed by atoms with van der Waals surface area (Å²) in [7, 11) is 0. The molecule has 1 aromatic carbocycles. The molecule has 0 N–H and O–H groups in total. The number of carbonyl (C=O) groups excluding carboxylic acids is 2. The standard InChI is InChI=1S/C11H9NO3/c1-2-9(13)15-10-7-5-3-4-6-8(7)12-11(10)14/h3-6H,2H2,1H3. The number of amides is 1. The first-order valence-electron chi connectivity index (χ1n) is 4.65. The molecule has 4 heteroatoms. The number of hydrogen-bond donors (Lipinski definition) is 0. The van der Waals surface area contributed by atoms with Crippen LogP contribution in [0.15, 0.2) is 29.3 Å². The van der Waals surface area contributed by atoms with Gasteiger partial charge in [0.25, 0.3) is 0 Å². The maximum Gasteiger partial charge on any atom is 0.314 e. The molecule has 1 aromatic rings. The van der Waals surface area contributed by atoms with Gasteiger partial charge in [0.15, 0.2) is 0 Å². The number of para-hydroxylation sites is 1. The fraction of sp³-hybridized carbons (Fsp3) is 0.182. The van der Waals surface area contributed by atoms with E-state index in [1.165, 1.54) is 0 Å². The summed E-state index contributed by atoms with van der Waals surface area (Å²) in [4.78, 5) is 26.3. The molecule has 15 heavy (non-hydrogen) atoms. The molecule has 0 unspecified atom stereocenters. The second kappa shape index (κ2) is 3.65. The van der Waals surface area contributed by atoms with Crippen molar-refractivity contribution in [2.45, 2.75) is 13.3 Å². The largest absolute Gasteiger partial charge is 0.420 e. The Kier molecular flexibility index (Phi) is 2.33. The summed E-state index contributed by atoms with van der Waals surface area (Å²) in [6.07, 6.45) is 0.235. The lowest BCUT2D eigenvalue weighted by Crippen LogP contribution is -2.23.